The Morgan fingerprint density at radius 1 is 1.22 bits per heavy atom. The number of nitrogens with one attached hydrogen (secondary N) is 1. The molecule has 0 aliphatic rings. The average molecular weight is 326 g/mol. The van der Waals surface area contributed by atoms with Crippen LogP contribution in [0.15, 0.2) is 34.7 Å². The molecule has 23 heavy (non-hydrogen) atoms. The van der Waals surface area contributed by atoms with Gasteiger partial charge in [-0.05, 0) is 18.2 Å². The summed E-state index contributed by atoms with van der Waals surface area (Å²) in [7, 11) is 0. The van der Waals surface area contributed by atoms with Crippen molar-refractivity contribution in [1.82, 2.24) is 0 Å². The molecule has 1 amide bonds. The fourth-order valence-corrected chi connectivity index (χ4v) is 1.51. The number of carbonyl (C=O) groups excluding carboxylic acids is 2. The maximum absolute atomic E-state index is 13.0. The average Bonchev–Trinajstić information content (AvgIpc) is 2.99. The van der Waals surface area contributed by atoms with Crippen LogP contribution in [0.3, 0.4) is 0 Å². The molecule has 8 nitrogen and oxygen atoms in total. The lowest BCUT2D eigenvalue weighted by atomic mass is 10.3. The van der Waals surface area contributed by atoms with Gasteiger partial charge in [0, 0.05) is 11.8 Å². The summed E-state index contributed by atoms with van der Waals surface area (Å²) in [4.78, 5) is 32.6. The molecule has 1 aromatic heterocycles. The number of halogens is 2. The minimum atomic E-state index is -1.15. The van der Waals surface area contributed by atoms with Crippen molar-refractivity contribution in [3.8, 4) is 0 Å². The van der Waals surface area contributed by atoms with Gasteiger partial charge in [0.2, 0.25) is 5.76 Å². The number of rotatable bonds is 5. The number of nitrogens with zero attached hydrogens (tertiary/aromatic N) is 1. The highest BCUT2D eigenvalue weighted by atomic mass is 19.2. The van der Waals surface area contributed by atoms with E-state index in [1.807, 2.05) is 0 Å². The van der Waals surface area contributed by atoms with Crippen LogP contribution in [-0.4, -0.2) is 23.4 Å². The lowest BCUT2D eigenvalue weighted by Crippen LogP contribution is -2.20. The minimum Gasteiger partial charge on any atom is -0.450 e. The van der Waals surface area contributed by atoms with Gasteiger partial charge in [0.15, 0.2) is 18.2 Å². The number of nitro groups is 1. The Bertz CT molecular complexity index is 774. The number of ether oxygens (including phenoxy) is 1. The number of carbonyl (C=O) groups is 2. The summed E-state index contributed by atoms with van der Waals surface area (Å²) in [5, 5.41) is 12.6. The molecule has 0 aliphatic heterocycles. The Hall–Kier alpha value is -3.30. The van der Waals surface area contributed by atoms with Crippen LogP contribution in [0, 0.1) is 21.7 Å². The Morgan fingerprint density at radius 2 is 1.96 bits per heavy atom. The summed E-state index contributed by atoms with van der Waals surface area (Å²) in [6, 6.07) is 4.67. The third-order valence-electron chi connectivity index (χ3n) is 2.51. The van der Waals surface area contributed by atoms with Crippen molar-refractivity contribution in [3.05, 3.63) is 57.8 Å². The van der Waals surface area contributed by atoms with Crippen molar-refractivity contribution in [2.24, 2.45) is 0 Å². The summed E-state index contributed by atoms with van der Waals surface area (Å²) >= 11 is 0. The van der Waals surface area contributed by atoms with Gasteiger partial charge in [-0.25, -0.2) is 13.6 Å². The standard InChI is InChI=1S/C13H8F2N2O6/c14-8-2-1-7(5-9(8)15)16-11(18)6-22-13(19)10-3-4-12(23-10)17(20)21/h1-5H,6H2,(H,16,18). The molecular weight excluding hydrogens is 318 g/mol. The van der Waals surface area contributed by atoms with Crippen molar-refractivity contribution in [1.29, 1.82) is 0 Å². The van der Waals surface area contributed by atoms with Gasteiger partial charge in [0.25, 0.3) is 5.91 Å². The van der Waals surface area contributed by atoms with E-state index in [0.29, 0.717) is 0 Å². The van der Waals surface area contributed by atoms with Crippen LogP contribution in [0.2, 0.25) is 0 Å². The zero-order chi connectivity index (χ0) is 17.0. The molecule has 10 heteroatoms. The summed E-state index contributed by atoms with van der Waals surface area (Å²) in [5.41, 5.74) is -0.0291. The third-order valence-corrected chi connectivity index (χ3v) is 2.51. The zero-order valence-electron chi connectivity index (χ0n) is 11.2. The maximum atomic E-state index is 13.0. The molecule has 0 saturated heterocycles. The molecule has 0 unspecified atom stereocenters. The second-order valence-electron chi connectivity index (χ2n) is 4.15. The van der Waals surface area contributed by atoms with Gasteiger partial charge < -0.3 is 14.5 Å². The van der Waals surface area contributed by atoms with Crippen LogP contribution in [0.25, 0.3) is 0 Å². The van der Waals surface area contributed by atoms with Crippen LogP contribution in [0.5, 0.6) is 0 Å². The lowest BCUT2D eigenvalue weighted by molar-refractivity contribution is -0.402. The van der Waals surface area contributed by atoms with Crippen LogP contribution in [0.1, 0.15) is 10.6 Å². The van der Waals surface area contributed by atoms with E-state index < -0.39 is 46.7 Å². The summed E-state index contributed by atoms with van der Waals surface area (Å²) < 4.78 is 34.8. The lowest BCUT2D eigenvalue weighted by Gasteiger charge is -2.06. The van der Waals surface area contributed by atoms with E-state index in [-0.39, 0.29) is 5.69 Å². The maximum Gasteiger partial charge on any atom is 0.433 e. The van der Waals surface area contributed by atoms with Gasteiger partial charge in [-0.1, -0.05) is 0 Å². The third kappa shape index (κ3) is 4.09. The van der Waals surface area contributed by atoms with Crippen LogP contribution in [0.4, 0.5) is 20.4 Å². The van der Waals surface area contributed by atoms with E-state index >= 15 is 0 Å². The number of hydrogen-bond donors (Lipinski definition) is 1. The molecule has 1 N–H and O–H groups in total. The molecule has 120 valence electrons. The monoisotopic (exact) mass is 326 g/mol. The highest BCUT2D eigenvalue weighted by Crippen LogP contribution is 2.16. The zero-order valence-corrected chi connectivity index (χ0v) is 11.2. The van der Waals surface area contributed by atoms with Crippen molar-refractivity contribution in [2.75, 3.05) is 11.9 Å². The largest absolute Gasteiger partial charge is 0.450 e. The SMILES string of the molecule is O=C(COC(=O)c1ccc([N+](=O)[O-])o1)Nc1ccc(F)c(F)c1. The number of hydrogen-bond acceptors (Lipinski definition) is 6. The Morgan fingerprint density at radius 3 is 2.57 bits per heavy atom. The first kappa shape index (κ1) is 16.1. The number of benzene rings is 1. The fraction of sp³-hybridized carbons (Fsp3) is 0.0769. The quantitative estimate of drug-likeness (QED) is 0.512. The molecule has 0 spiro atoms. The molecule has 2 rings (SSSR count). The first-order valence-corrected chi connectivity index (χ1v) is 6.03. The number of esters is 1. The van der Waals surface area contributed by atoms with Gasteiger partial charge in [-0.3, -0.25) is 14.9 Å². The van der Waals surface area contributed by atoms with Crippen molar-refractivity contribution in [3.63, 3.8) is 0 Å². The highest BCUT2D eigenvalue weighted by molar-refractivity contribution is 5.94. The topological polar surface area (TPSA) is 112 Å². The van der Waals surface area contributed by atoms with E-state index in [9.17, 15) is 28.5 Å². The van der Waals surface area contributed by atoms with E-state index in [1.165, 1.54) is 0 Å². The smallest absolute Gasteiger partial charge is 0.433 e. The predicted octanol–water partition coefficient (Wildman–Crippen LogP) is 2.26. The predicted molar refractivity (Wildman–Crippen MR) is 70.6 cm³/mol. The molecule has 0 fully saturated rings. The first-order valence-electron chi connectivity index (χ1n) is 6.03. The highest BCUT2D eigenvalue weighted by Gasteiger charge is 2.19. The first-order chi connectivity index (χ1) is 10.9. The number of amides is 1. The molecule has 0 atom stereocenters. The number of anilines is 1. The molecular formula is C13H8F2N2O6. The van der Waals surface area contributed by atoms with Gasteiger partial charge in [0.05, 0.1) is 6.07 Å². The van der Waals surface area contributed by atoms with Crippen molar-refractivity contribution < 1.29 is 32.4 Å². The van der Waals surface area contributed by atoms with Gasteiger partial charge in [-0.2, -0.15) is 0 Å². The van der Waals surface area contributed by atoms with Crippen molar-refractivity contribution >= 4 is 23.4 Å². The fourth-order valence-electron chi connectivity index (χ4n) is 1.51. The van der Waals surface area contributed by atoms with Gasteiger partial charge >= 0.3 is 11.9 Å². The van der Waals surface area contributed by atoms with E-state index in [4.69, 9.17) is 0 Å². The van der Waals surface area contributed by atoms with Gasteiger partial charge in [-0.15, -0.1) is 0 Å². The minimum absolute atomic E-state index is 0.0291. The Labute approximate surface area is 126 Å². The summed E-state index contributed by atoms with van der Waals surface area (Å²) in [6.45, 7) is -0.744. The normalized spacial score (nSPS) is 10.2. The van der Waals surface area contributed by atoms with Crippen LogP contribution < -0.4 is 5.32 Å². The Balaban J connectivity index is 1.89. The molecule has 1 heterocycles. The molecule has 0 aliphatic carbocycles. The second kappa shape index (κ2) is 6.64. The van der Waals surface area contributed by atoms with Gasteiger partial charge in [0.1, 0.15) is 4.92 Å². The number of furan rings is 1. The van der Waals surface area contributed by atoms with E-state index in [0.717, 1.165) is 30.3 Å². The summed E-state index contributed by atoms with van der Waals surface area (Å²) in [6.07, 6.45) is 0. The molecule has 1 aromatic carbocycles. The second-order valence-corrected chi connectivity index (χ2v) is 4.15. The molecule has 2 aromatic rings. The van der Waals surface area contributed by atoms with Crippen LogP contribution >= 0.6 is 0 Å². The van der Waals surface area contributed by atoms with Crippen LogP contribution in [-0.2, 0) is 9.53 Å². The van der Waals surface area contributed by atoms with Crippen molar-refractivity contribution in [2.45, 2.75) is 0 Å². The molecule has 0 bridgehead atoms. The molecule has 0 saturated carbocycles. The van der Waals surface area contributed by atoms with E-state index in [2.05, 4.69) is 14.5 Å². The summed E-state index contributed by atoms with van der Waals surface area (Å²) in [5.74, 6) is -5.22. The molecule has 0 radical (unpaired) electrons. The Kier molecular flexibility index (Phi) is 4.64. The van der Waals surface area contributed by atoms with E-state index in [1.54, 1.807) is 0 Å².